The summed E-state index contributed by atoms with van der Waals surface area (Å²) in [6.07, 6.45) is 5.69. The number of hydrogen-bond donors (Lipinski definition) is 1. The van der Waals surface area contributed by atoms with Crippen LogP contribution in [-0.2, 0) is 6.42 Å². The van der Waals surface area contributed by atoms with Gasteiger partial charge in [0.25, 0.3) is 0 Å². The normalized spacial score (nSPS) is 16.2. The number of benzene rings is 1. The average molecular weight is 347 g/mol. The Morgan fingerprint density at radius 1 is 1.15 bits per heavy atom. The highest BCUT2D eigenvalue weighted by atomic mass is 16.5. The van der Waals surface area contributed by atoms with E-state index in [1.807, 2.05) is 24.3 Å². The number of ether oxygens (including phenoxy) is 1. The van der Waals surface area contributed by atoms with Gasteiger partial charge >= 0.3 is 0 Å². The molecule has 1 aliphatic carbocycles. The molecule has 26 heavy (non-hydrogen) atoms. The van der Waals surface area contributed by atoms with Crippen molar-refractivity contribution in [2.45, 2.75) is 25.7 Å². The molecule has 2 heterocycles. The van der Waals surface area contributed by atoms with Crippen molar-refractivity contribution >= 4 is 11.7 Å². The number of para-hydroxylation sites is 1. The second-order valence-corrected chi connectivity index (χ2v) is 6.20. The standard InChI is InChI=1S/C19H17N5O2/c1-11-18-14(24-19(20)23-11)8-12(9-15(18)25)13-4-2-3-5-16(13)26-17-10-21-6-7-22-17/h2-7,10,12H,8-9H2,1H3,(H2,20,23,24). The van der Waals surface area contributed by atoms with Crippen LogP contribution in [0.15, 0.2) is 42.9 Å². The lowest BCUT2D eigenvalue weighted by molar-refractivity contribution is 0.0961. The zero-order valence-corrected chi connectivity index (χ0v) is 14.2. The number of rotatable bonds is 3. The summed E-state index contributed by atoms with van der Waals surface area (Å²) in [5, 5.41) is 0. The summed E-state index contributed by atoms with van der Waals surface area (Å²) in [5.74, 6) is 1.25. The van der Waals surface area contributed by atoms with Gasteiger partial charge in [-0.05, 0) is 25.0 Å². The van der Waals surface area contributed by atoms with E-state index >= 15 is 0 Å². The van der Waals surface area contributed by atoms with Crippen molar-refractivity contribution in [3.8, 4) is 11.6 Å². The fourth-order valence-corrected chi connectivity index (χ4v) is 3.38. The molecule has 7 nitrogen and oxygen atoms in total. The molecule has 3 aromatic rings. The monoisotopic (exact) mass is 347 g/mol. The van der Waals surface area contributed by atoms with Crippen LogP contribution in [-0.4, -0.2) is 25.7 Å². The molecule has 1 unspecified atom stereocenters. The highest BCUT2D eigenvalue weighted by Crippen LogP contribution is 2.38. The number of ketones is 1. The first-order chi connectivity index (χ1) is 12.6. The highest BCUT2D eigenvalue weighted by molar-refractivity contribution is 5.99. The van der Waals surface area contributed by atoms with E-state index in [1.165, 1.54) is 0 Å². The van der Waals surface area contributed by atoms with Gasteiger partial charge in [0.15, 0.2) is 5.78 Å². The summed E-state index contributed by atoms with van der Waals surface area (Å²) in [6, 6.07) is 7.65. The number of nitrogens with two attached hydrogens (primary N) is 1. The minimum absolute atomic E-state index is 0.0306. The Bertz CT molecular complexity index is 975. The largest absolute Gasteiger partial charge is 0.437 e. The van der Waals surface area contributed by atoms with Crippen LogP contribution in [0.4, 0.5) is 5.95 Å². The lowest BCUT2D eigenvalue weighted by atomic mass is 9.81. The lowest BCUT2D eigenvalue weighted by Gasteiger charge is -2.25. The van der Waals surface area contributed by atoms with Gasteiger partial charge in [-0.3, -0.25) is 9.78 Å². The highest BCUT2D eigenvalue weighted by Gasteiger charge is 2.31. The number of aryl methyl sites for hydroxylation is 1. The van der Waals surface area contributed by atoms with Crippen LogP contribution in [0.1, 0.15) is 39.6 Å². The van der Waals surface area contributed by atoms with Gasteiger partial charge in [-0.1, -0.05) is 18.2 Å². The fraction of sp³-hybridized carbons (Fsp3) is 0.211. The quantitative estimate of drug-likeness (QED) is 0.777. The number of anilines is 1. The Balaban J connectivity index is 1.70. The van der Waals surface area contributed by atoms with Gasteiger partial charge < -0.3 is 10.5 Å². The number of aromatic nitrogens is 4. The second-order valence-electron chi connectivity index (χ2n) is 6.20. The summed E-state index contributed by atoms with van der Waals surface area (Å²) < 4.78 is 5.89. The van der Waals surface area contributed by atoms with Crippen molar-refractivity contribution in [3.63, 3.8) is 0 Å². The predicted octanol–water partition coefficient (Wildman–Crippen LogP) is 2.86. The summed E-state index contributed by atoms with van der Waals surface area (Å²) >= 11 is 0. The van der Waals surface area contributed by atoms with Gasteiger partial charge in [-0.15, -0.1) is 0 Å². The fourth-order valence-electron chi connectivity index (χ4n) is 3.38. The van der Waals surface area contributed by atoms with Crippen LogP contribution in [0.25, 0.3) is 0 Å². The third-order valence-electron chi connectivity index (χ3n) is 4.45. The van der Waals surface area contributed by atoms with E-state index in [0.29, 0.717) is 41.4 Å². The molecule has 0 saturated heterocycles. The third-order valence-corrected chi connectivity index (χ3v) is 4.45. The van der Waals surface area contributed by atoms with Crippen LogP contribution < -0.4 is 10.5 Å². The van der Waals surface area contributed by atoms with E-state index in [1.54, 1.807) is 25.5 Å². The first-order valence-electron chi connectivity index (χ1n) is 8.31. The Labute approximate surface area is 150 Å². The first kappa shape index (κ1) is 16.1. The molecule has 0 spiro atoms. The van der Waals surface area contributed by atoms with Gasteiger partial charge in [0.1, 0.15) is 5.75 Å². The van der Waals surface area contributed by atoms with Gasteiger partial charge in [0.05, 0.1) is 23.1 Å². The lowest BCUT2D eigenvalue weighted by Crippen LogP contribution is -2.23. The number of fused-ring (bicyclic) bond motifs is 1. The second kappa shape index (κ2) is 6.51. The molecule has 0 bridgehead atoms. The molecule has 0 fully saturated rings. The van der Waals surface area contributed by atoms with Crippen molar-refractivity contribution in [1.29, 1.82) is 0 Å². The minimum Gasteiger partial charge on any atom is -0.437 e. The topological polar surface area (TPSA) is 104 Å². The molecule has 0 radical (unpaired) electrons. The minimum atomic E-state index is -0.0448. The van der Waals surface area contributed by atoms with E-state index < -0.39 is 0 Å². The van der Waals surface area contributed by atoms with Crippen LogP contribution in [0, 0.1) is 6.92 Å². The number of Topliss-reactive ketones (excluding diaryl/α,β-unsaturated/α-hetero) is 1. The van der Waals surface area contributed by atoms with Crippen LogP contribution in [0.5, 0.6) is 11.6 Å². The molecule has 0 saturated carbocycles. The van der Waals surface area contributed by atoms with E-state index in [9.17, 15) is 4.79 Å². The molecule has 2 N–H and O–H groups in total. The molecule has 2 aromatic heterocycles. The van der Waals surface area contributed by atoms with Crippen LogP contribution in [0.3, 0.4) is 0 Å². The maximum Gasteiger partial charge on any atom is 0.237 e. The molecule has 0 amide bonds. The predicted molar refractivity (Wildman–Crippen MR) is 95.1 cm³/mol. The van der Waals surface area contributed by atoms with Crippen molar-refractivity contribution in [1.82, 2.24) is 19.9 Å². The molecule has 4 rings (SSSR count). The van der Waals surface area contributed by atoms with E-state index in [2.05, 4.69) is 19.9 Å². The van der Waals surface area contributed by atoms with Gasteiger partial charge in [0, 0.05) is 24.7 Å². The van der Waals surface area contributed by atoms with Gasteiger partial charge in [-0.25, -0.2) is 15.0 Å². The zero-order valence-electron chi connectivity index (χ0n) is 14.2. The van der Waals surface area contributed by atoms with Crippen molar-refractivity contribution in [3.05, 3.63) is 65.4 Å². The molecule has 7 heteroatoms. The SMILES string of the molecule is Cc1nc(N)nc2c1C(=O)CC(c1ccccc1Oc1cnccn1)C2. The summed E-state index contributed by atoms with van der Waals surface area (Å²) in [6.45, 7) is 1.79. The van der Waals surface area contributed by atoms with Crippen molar-refractivity contribution < 1.29 is 9.53 Å². The number of nitrogens with zero attached hydrogens (tertiary/aromatic N) is 4. The van der Waals surface area contributed by atoms with Crippen LogP contribution >= 0.6 is 0 Å². The van der Waals surface area contributed by atoms with Gasteiger partial charge in [0.2, 0.25) is 11.8 Å². The van der Waals surface area contributed by atoms with E-state index in [0.717, 1.165) is 5.56 Å². The Morgan fingerprint density at radius 2 is 2.00 bits per heavy atom. The van der Waals surface area contributed by atoms with E-state index in [4.69, 9.17) is 10.5 Å². The number of carbonyl (C=O) groups excluding carboxylic acids is 1. The van der Waals surface area contributed by atoms with Crippen molar-refractivity contribution in [2.24, 2.45) is 0 Å². The number of carbonyl (C=O) groups is 1. The zero-order chi connectivity index (χ0) is 18.1. The third kappa shape index (κ3) is 2.99. The molecule has 0 aliphatic heterocycles. The molecule has 1 aliphatic rings. The van der Waals surface area contributed by atoms with Crippen molar-refractivity contribution in [2.75, 3.05) is 5.73 Å². The first-order valence-corrected chi connectivity index (χ1v) is 8.31. The Kier molecular flexibility index (Phi) is 4.04. The number of nitrogen functional groups attached to an aromatic ring is 1. The maximum atomic E-state index is 12.7. The molecular formula is C19H17N5O2. The molecular weight excluding hydrogens is 330 g/mol. The Morgan fingerprint density at radius 3 is 2.81 bits per heavy atom. The summed E-state index contributed by atoms with van der Waals surface area (Å²) in [7, 11) is 0. The maximum absolute atomic E-state index is 12.7. The molecule has 130 valence electrons. The van der Waals surface area contributed by atoms with Gasteiger partial charge in [-0.2, -0.15) is 0 Å². The smallest absolute Gasteiger partial charge is 0.237 e. The number of hydrogen-bond acceptors (Lipinski definition) is 7. The molecule has 1 atom stereocenters. The Hall–Kier alpha value is -3.35. The summed E-state index contributed by atoms with van der Waals surface area (Å²) in [5.41, 5.74) is 8.65. The average Bonchev–Trinajstić information content (AvgIpc) is 2.62. The molecule has 1 aromatic carbocycles. The summed E-state index contributed by atoms with van der Waals surface area (Å²) in [4.78, 5) is 29.3. The van der Waals surface area contributed by atoms with Crippen LogP contribution in [0.2, 0.25) is 0 Å². The van der Waals surface area contributed by atoms with E-state index in [-0.39, 0.29) is 17.6 Å².